The standard InChI is InChI=1S/C16H23N5O/c1-20(2)16-18-9-13(10-19-16)15-17-6-7-21(15)14-5-3-4-12(8-14)11-22/h6-7,9-10,12,14,22H,3-5,8,11H2,1-2H3/t12-,14+/m0/s1. The largest absolute Gasteiger partial charge is 0.396 e. The van der Waals surface area contributed by atoms with Crippen molar-refractivity contribution in [3.8, 4) is 11.4 Å². The Kier molecular flexibility index (Phi) is 4.38. The summed E-state index contributed by atoms with van der Waals surface area (Å²) in [7, 11) is 3.85. The fraction of sp³-hybridized carbons (Fsp3) is 0.562. The highest BCUT2D eigenvalue weighted by atomic mass is 16.3. The molecule has 1 saturated carbocycles. The second-order valence-corrected chi connectivity index (χ2v) is 6.19. The molecule has 6 nitrogen and oxygen atoms in total. The maximum absolute atomic E-state index is 9.43. The van der Waals surface area contributed by atoms with Crippen LogP contribution in [-0.4, -0.2) is 45.3 Å². The molecule has 0 spiro atoms. The topological polar surface area (TPSA) is 67.1 Å². The minimum absolute atomic E-state index is 0.279. The van der Waals surface area contributed by atoms with Gasteiger partial charge in [0.25, 0.3) is 0 Å². The van der Waals surface area contributed by atoms with E-state index in [0.29, 0.717) is 17.9 Å². The first-order chi connectivity index (χ1) is 10.7. The molecular formula is C16H23N5O. The lowest BCUT2D eigenvalue weighted by atomic mass is 9.86. The third-order valence-corrected chi connectivity index (χ3v) is 4.37. The molecule has 2 aromatic rings. The second kappa shape index (κ2) is 6.44. The van der Waals surface area contributed by atoms with E-state index in [0.717, 1.165) is 37.1 Å². The van der Waals surface area contributed by atoms with E-state index in [9.17, 15) is 5.11 Å². The molecule has 1 aliphatic carbocycles. The van der Waals surface area contributed by atoms with Crippen molar-refractivity contribution < 1.29 is 5.11 Å². The van der Waals surface area contributed by atoms with E-state index in [1.165, 1.54) is 0 Å². The van der Waals surface area contributed by atoms with Crippen LogP contribution in [0.15, 0.2) is 24.8 Å². The molecule has 3 rings (SSSR count). The molecule has 6 heteroatoms. The van der Waals surface area contributed by atoms with Crippen LogP contribution >= 0.6 is 0 Å². The minimum atomic E-state index is 0.279. The zero-order valence-electron chi connectivity index (χ0n) is 13.2. The first kappa shape index (κ1) is 15.0. The summed E-state index contributed by atoms with van der Waals surface area (Å²) in [5, 5.41) is 9.43. The number of aromatic nitrogens is 4. The van der Waals surface area contributed by atoms with Gasteiger partial charge in [-0.2, -0.15) is 0 Å². The van der Waals surface area contributed by atoms with Crippen molar-refractivity contribution in [3.63, 3.8) is 0 Å². The molecule has 1 fully saturated rings. The monoisotopic (exact) mass is 301 g/mol. The van der Waals surface area contributed by atoms with Gasteiger partial charge < -0.3 is 14.6 Å². The summed E-state index contributed by atoms with van der Waals surface area (Å²) in [6.45, 7) is 0.279. The summed E-state index contributed by atoms with van der Waals surface area (Å²) in [6.07, 6.45) is 11.9. The van der Waals surface area contributed by atoms with Gasteiger partial charge in [0.2, 0.25) is 5.95 Å². The van der Waals surface area contributed by atoms with Gasteiger partial charge in [0.15, 0.2) is 0 Å². The van der Waals surface area contributed by atoms with Crippen molar-refractivity contribution in [2.75, 3.05) is 25.6 Å². The Morgan fingerprint density at radius 1 is 1.23 bits per heavy atom. The third-order valence-electron chi connectivity index (χ3n) is 4.37. The molecule has 2 atom stereocenters. The Morgan fingerprint density at radius 2 is 2.00 bits per heavy atom. The molecule has 118 valence electrons. The van der Waals surface area contributed by atoms with E-state index in [1.54, 1.807) is 0 Å². The summed E-state index contributed by atoms with van der Waals surface area (Å²) in [4.78, 5) is 15.1. The first-order valence-electron chi connectivity index (χ1n) is 7.82. The van der Waals surface area contributed by atoms with E-state index in [1.807, 2.05) is 43.8 Å². The number of nitrogens with zero attached hydrogens (tertiary/aromatic N) is 5. The average Bonchev–Trinajstić information content (AvgIpc) is 3.04. The first-order valence-corrected chi connectivity index (χ1v) is 7.82. The van der Waals surface area contributed by atoms with Crippen LogP contribution in [0.2, 0.25) is 0 Å². The summed E-state index contributed by atoms with van der Waals surface area (Å²) >= 11 is 0. The number of imidazole rings is 1. The van der Waals surface area contributed by atoms with Gasteiger partial charge in [-0.05, 0) is 25.2 Å². The number of hydrogen-bond donors (Lipinski definition) is 1. The lowest BCUT2D eigenvalue weighted by Crippen LogP contribution is -2.21. The Hall–Kier alpha value is -1.95. The minimum Gasteiger partial charge on any atom is -0.396 e. The summed E-state index contributed by atoms with van der Waals surface area (Å²) in [6, 6.07) is 0.400. The Balaban J connectivity index is 1.85. The van der Waals surface area contributed by atoms with Gasteiger partial charge in [0.1, 0.15) is 5.82 Å². The Morgan fingerprint density at radius 3 is 2.68 bits per heavy atom. The van der Waals surface area contributed by atoms with Gasteiger partial charge in [-0.3, -0.25) is 0 Å². The molecule has 0 amide bonds. The fourth-order valence-electron chi connectivity index (χ4n) is 3.18. The van der Waals surface area contributed by atoms with Gasteiger partial charge >= 0.3 is 0 Å². The number of aliphatic hydroxyl groups is 1. The lowest BCUT2D eigenvalue weighted by Gasteiger charge is -2.29. The highest BCUT2D eigenvalue weighted by Crippen LogP contribution is 2.34. The van der Waals surface area contributed by atoms with Crippen LogP contribution < -0.4 is 4.90 Å². The molecule has 0 bridgehead atoms. The zero-order chi connectivity index (χ0) is 15.5. The number of hydrogen-bond acceptors (Lipinski definition) is 5. The highest BCUT2D eigenvalue weighted by molar-refractivity contribution is 5.54. The summed E-state index contributed by atoms with van der Waals surface area (Å²) in [5.74, 6) is 2.01. The maximum atomic E-state index is 9.43. The Bertz CT molecular complexity index is 607. The van der Waals surface area contributed by atoms with Crippen LogP contribution in [0.5, 0.6) is 0 Å². The lowest BCUT2D eigenvalue weighted by molar-refractivity contribution is 0.163. The van der Waals surface area contributed by atoms with Crippen molar-refractivity contribution in [1.82, 2.24) is 19.5 Å². The molecule has 1 N–H and O–H groups in total. The van der Waals surface area contributed by atoms with Crippen LogP contribution in [0.25, 0.3) is 11.4 Å². The van der Waals surface area contributed by atoms with Crippen molar-refractivity contribution in [3.05, 3.63) is 24.8 Å². The van der Waals surface area contributed by atoms with Crippen LogP contribution in [0, 0.1) is 5.92 Å². The number of anilines is 1. The van der Waals surface area contributed by atoms with Crippen LogP contribution in [0.4, 0.5) is 5.95 Å². The van der Waals surface area contributed by atoms with Crippen molar-refractivity contribution in [1.29, 1.82) is 0 Å². The van der Waals surface area contributed by atoms with Crippen molar-refractivity contribution >= 4 is 5.95 Å². The average molecular weight is 301 g/mol. The molecule has 0 aliphatic heterocycles. The van der Waals surface area contributed by atoms with E-state index in [4.69, 9.17) is 0 Å². The zero-order valence-corrected chi connectivity index (χ0v) is 13.2. The van der Waals surface area contributed by atoms with E-state index in [-0.39, 0.29) is 6.61 Å². The van der Waals surface area contributed by atoms with Gasteiger partial charge in [-0.25, -0.2) is 15.0 Å². The third kappa shape index (κ3) is 2.97. The predicted molar refractivity (Wildman–Crippen MR) is 85.7 cm³/mol. The van der Waals surface area contributed by atoms with E-state index >= 15 is 0 Å². The van der Waals surface area contributed by atoms with E-state index < -0.39 is 0 Å². The molecule has 0 unspecified atom stereocenters. The molecular weight excluding hydrogens is 278 g/mol. The quantitative estimate of drug-likeness (QED) is 0.937. The van der Waals surface area contributed by atoms with Crippen LogP contribution in [-0.2, 0) is 0 Å². The molecule has 2 aromatic heterocycles. The molecule has 22 heavy (non-hydrogen) atoms. The summed E-state index contributed by atoms with van der Waals surface area (Å²) in [5.41, 5.74) is 0.932. The van der Waals surface area contributed by atoms with Gasteiger partial charge in [0, 0.05) is 51.5 Å². The number of aliphatic hydroxyl groups excluding tert-OH is 1. The van der Waals surface area contributed by atoms with Gasteiger partial charge in [0.05, 0.1) is 5.56 Å². The SMILES string of the molecule is CN(C)c1ncc(-c2nccn2[C@@H]2CCC[C@H](CO)C2)cn1. The normalized spacial score (nSPS) is 21.8. The van der Waals surface area contributed by atoms with Crippen molar-refractivity contribution in [2.45, 2.75) is 31.7 Å². The predicted octanol–water partition coefficient (Wildman–Crippen LogP) is 2.13. The van der Waals surface area contributed by atoms with Crippen LogP contribution in [0.3, 0.4) is 0 Å². The van der Waals surface area contributed by atoms with Crippen molar-refractivity contribution in [2.24, 2.45) is 5.92 Å². The smallest absolute Gasteiger partial charge is 0.224 e. The fourth-order valence-corrected chi connectivity index (χ4v) is 3.18. The number of rotatable bonds is 4. The summed E-state index contributed by atoms with van der Waals surface area (Å²) < 4.78 is 2.22. The van der Waals surface area contributed by atoms with E-state index in [2.05, 4.69) is 19.5 Å². The second-order valence-electron chi connectivity index (χ2n) is 6.19. The molecule has 2 heterocycles. The van der Waals surface area contributed by atoms with Gasteiger partial charge in [-0.15, -0.1) is 0 Å². The molecule has 0 aromatic carbocycles. The van der Waals surface area contributed by atoms with Crippen LogP contribution in [0.1, 0.15) is 31.7 Å². The molecule has 1 aliphatic rings. The molecule has 0 radical (unpaired) electrons. The van der Waals surface area contributed by atoms with Gasteiger partial charge in [-0.1, -0.05) is 6.42 Å². The Labute approximate surface area is 130 Å². The maximum Gasteiger partial charge on any atom is 0.224 e. The molecule has 0 saturated heterocycles. The highest BCUT2D eigenvalue weighted by Gasteiger charge is 2.24.